The lowest BCUT2D eigenvalue weighted by atomic mass is 10.2. The van der Waals surface area contributed by atoms with Crippen molar-refractivity contribution in [2.24, 2.45) is 0 Å². The van der Waals surface area contributed by atoms with Crippen molar-refractivity contribution in [3.63, 3.8) is 0 Å². The maximum atomic E-state index is 11.7. The number of carbonyl (C=O) groups is 1. The van der Waals surface area contributed by atoms with Gasteiger partial charge in [0.15, 0.2) is 5.76 Å². The van der Waals surface area contributed by atoms with Crippen LogP contribution in [0.25, 0.3) is 0 Å². The topological polar surface area (TPSA) is 52.2 Å². The van der Waals surface area contributed by atoms with E-state index in [4.69, 9.17) is 4.42 Å². The zero-order valence-corrected chi connectivity index (χ0v) is 8.84. The van der Waals surface area contributed by atoms with Crippen LogP contribution < -0.4 is 5.56 Å². The lowest BCUT2D eigenvalue weighted by Gasteiger charge is -2.06. The zero-order valence-electron chi connectivity index (χ0n) is 8.84. The molecule has 2 rings (SSSR count). The van der Waals surface area contributed by atoms with Crippen molar-refractivity contribution in [3.8, 4) is 0 Å². The van der Waals surface area contributed by atoms with Gasteiger partial charge in [0.2, 0.25) is 5.78 Å². The van der Waals surface area contributed by atoms with E-state index < -0.39 is 0 Å². The Bertz CT molecular complexity index is 552. The molecule has 2 aromatic rings. The molecule has 0 aliphatic carbocycles. The first-order chi connectivity index (χ1) is 7.68. The van der Waals surface area contributed by atoms with Crippen LogP contribution in [0.3, 0.4) is 0 Å². The van der Waals surface area contributed by atoms with E-state index in [1.807, 2.05) is 0 Å². The summed E-state index contributed by atoms with van der Waals surface area (Å²) in [5.41, 5.74) is 0.576. The van der Waals surface area contributed by atoms with Crippen molar-refractivity contribution >= 4 is 5.78 Å². The zero-order chi connectivity index (χ0) is 11.5. The fourth-order valence-corrected chi connectivity index (χ4v) is 1.48. The first-order valence-corrected chi connectivity index (χ1v) is 4.91. The summed E-state index contributed by atoms with van der Waals surface area (Å²) in [4.78, 5) is 23.3. The summed E-state index contributed by atoms with van der Waals surface area (Å²) in [6.07, 6.45) is 1.44. The maximum absolute atomic E-state index is 11.7. The fourth-order valence-electron chi connectivity index (χ4n) is 1.48. The van der Waals surface area contributed by atoms with Gasteiger partial charge in [-0.2, -0.15) is 0 Å². The Kier molecular flexibility index (Phi) is 2.72. The molecule has 2 aromatic heterocycles. The Morgan fingerprint density at radius 2 is 2.12 bits per heavy atom. The molecule has 82 valence electrons. The molecule has 0 aliphatic heterocycles. The summed E-state index contributed by atoms with van der Waals surface area (Å²) in [5, 5.41) is 0. The highest BCUT2D eigenvalue weighted by atomic mass is 16.3. The van der Waals surface area contributed by atoms with E-state index in [-0.39, 0.29) is 23.6 Å². The maximum Gasteiger partial charge on any atom is 0.251 e. The molecule has 0 radical (unpaired) electrons. The molecule has 2 heterocycles. The number of carbonyl (C=O) groups excluding carboxylic acids is 1. The van der Waals surface area contributed by atoms with Crippen LogP contribution >= 0.6 is 0 Å². The number of aryl methyl sites for hydroxylation is 1. The van der Waals surface area contributed by atoms with Crippen LogP contribution in [0.2, 0.25) is 0 Å². The third-order valence-corrected chi connectivity index (χ3v) is 2.37. The van der Waals surface area contributed by atoms with Crippen molar-refractivity contribution in [1.82, 2.24) is 4.57 Å². The normalized spacial score (nSPS) is 10.3. The minimum absolute atomic E-state index is 0.0129. The number of pyridine rings is 1. The number of nitrogens with zero attached hydrogens (tertiary/aromatic N) is 1. The largest absolute Gasteiger partial charge is 0.461 e. The Morgan fingerprint density at radius 3 is 2.75 bits per heavy atom. The Labute approximate surface area is 92.1 Å². The molecule has 0 aliphatic rings. The monoisotopic (exact) mass is 217 g/mol. The van der Waals surface area contributed by atoms with Gasteiger partial charge in [0.25, 0.3) is 5.56 Å². The summed E-state index contributed by atoms with van der Waals surface area (Å²) < 4.78 is 6.40. The van der Waals surface area contributed by atoms with Crippen LogP contribution in [0.5, 0.6) is 0 Å². The van der Waals surface area contributed by atoms with E-state index in [2.05, 4.69) is 0 Å². The molecule has 0 saturated carbocycles. The van der Waals surface area contributed by atoms with Crippen LogP contribution in [-0.4, -0.2) is 10.4 Å². The Balaban J connectivity index is 2.28. The molecule has 0 bridgehead atoms. The molecule has 0 spiro atoms. The average Bonchev–Trinajstić information content (AvgIpc) is 2.76. The lowest BCUT2D eigenvalue weighted by Crippen LogP contribution is -2.25. The smallest absolute Gasteiger partial charge is 0.251 e. The number of Topliss-reactive ketones (excluding diaryl/α,β-unsaturated/α-hetero) is 1. The van der Waals surface area contributed by atoms with Crippen LogP contribution in [-0.2, 0) is 6.54 Å². The lowest BCUT2D eigenvalue weighted by molar-refractivity contribution is 0.0943. The predicted octanol–water partition coefficient (Wildman–Crippen LogP) is 1.63. The molecular weight excluding hydrogens is 206 g/mol. The minimum Gasteiger partial charge on any atom is -0.461 e. The molecule has 0 fully saturated rings. The van der Waals surface area contributed by atoms with Gasteiger partial charge in [-0.05, 0) is 25.1 Å². The van der Waals surface area contributed by atoms with E-state index >= 15 is 0 Å². The first-order valence-electron chi connectivity index (χ1n) is 4.91. The van der Waals surface area contributed by atoms with E-state index in [1.54, 1.807) is 31.2 Å². The highest BCUT2D eigenvalue weighted by Crippen LogP contribution is 2.03. The van der Waals surface area contributed by atoms with Crippen molar-refractivity contribution in [1.29, 1.82) is 0 Å². The quantitative estimate of drug-likeness (QED) is 0.734. The van der Waals surface area contributed by atoms with Crippen LogP contribution in [0.1, 0.15) is 16.2 Å². The second-order valence-electron chi connectivity index (χ2n) is 3.49. The standard InChI is InChI=1S/C12H11NO3/c1-9-4-2-6-12(15)13(9)8-10(14)11-5-3-7-16-11/h2-7H,8H2,1H3. The molecule has 0 aromatic carbocycles. The van der Waals surface area contributed by atoms with E-state index in [1.165, 1.54) is 16.9 Å². The molecular formula is C12H11NO3. The summed E-state index contributed by atoms with van der Waals surface area (Å²) >= 11 is 0. The summed E-state index contributed by atoms with van der Waals surface area (Å²) in [6, 6.07) is 8.13. The minimum atomic E-state index is -0.207. The van der Waals surface area contributed by atoms with Crippen molar-refractivity contribution in [3.05, 3.63) is 58.4 Å². The van der Waals surface area contributed by atoms with Crippen LogP contribution in [0, 0.1) is 6.92 Å². The summed E-state index contributed by atoms with van der Waals surface area (Å²) in [5.74, 6) is 0.0663. The molecule has 16 heavy (non-hydrogen) atoms. The molecule has 4 heteroatoms. The number of rotatable bonds is 3. The van der Waals surface area contributed by atoms with Crippen molar-refractivity contribution < 1.29 is 9.21 Å². The van der Waals surface area contributed by atoms with Crippen molar-refractivity contribution in [2.75, 3.05) is 0 Å². The molecule has 0 atom stereocenters. The number of ketones is 1. The van der Waals surface area contributed by atoms with E-state index in [0.29, 0.717) is 0 Å². The van der Waals surface area contributed by atoms with Crippen molar-refractivity contribution in [2.45, 2.75) is 13.5 Å². The van der Waals surface area contributed by atoms with Gasteiger partial charge < -0.3 is 8.98 Å². The summed E-state index contributed by atoms with van der Waals surface area (Å²) in [7, 11) is 0. The van der Waals surface area contributed by atoms with Gasteiger partial charge in [0.05, 0.1) is 12.8 Å². The predicted molar refractivity (Wildman–Crippen MR) is 58.5 cm³/mol. The first kappa shape index (κ1) is 10.4. The summed E-state index contributed by atoms with van der Waals surface area (Å²) in [6.45, 7) is 1.80. The number of furan rings is 1. The van der Waals surface area contributed by atoms with Crippen LogP contribution in [0.15, 0.2) is 45.8 Å². The van der Waals surface area contributed by atoms with Gasteiger partial charge in [0.1, 0.15) is 0 Å². The highest BCUT2D eigenvalue weighted by molar-refractivity contribution is 5.93. The van der Waals surface area contributed by atoms with E-state index in [9.17, 15) is 9.59 Å². The van der Waals surface area contributed by atoms with E-state index in [0.717, 1.165) is 5.69 Å². The Hall–Kier alpha value is -2.10. The van der Waals surface area contributed by atoms with Gasteiger partial charge in [-0.1, -0.05) is 6.07 Å². The van der Waals surface area contributed by atoms with Gasteiger partial charge in [-0.3, -0.25) is 9.59 Å². The fraction of sp³-hybridized carbons (Fsp3) is 0.167. The molecule has 4 nitrogen and oxygen atoms in total. The number of hydrogen-bond acceptors (Lipinski definition) is 3. The molecule has 0 saturated heterocycles. The van der Waals surface area contributed by atoms with Gasteiger partial charge in [-0.15, -0.1) is 0 Å². The average molecular weight is 217 g/mol. The number of hydrogen-bond donors (Lipinski definition) is 0. The second kappa shape index (κ2) is 4.18. The Morgan fingerprint density at radius 1 is 1.31 bits per heavy atom. The third-order valence-electron chi connectivity index (χ3n) is 2.37. The van der Waals surface area contributed by atoms with Gasteiger partial charge >= 0.3 is 0 Å². The number of aromatic nitrogens is 1. The SMILES string of the molecule is Cc1cccc(=O)n1CC(=O)c1ccco1. The second-order valence-corrected chi connectivity index (χ2v) is 3.49. The molecule has 0 N–H and O–H groups in total. The van der Waals surface area contributed by atoms with Gasteiger partial charge in [-0.25, -0.2) is 0 Å². The third kappa shape index (κ3) is 1.95. The van der Waals surface area contributed by atoms with Crippen LogP contribution in [0.4, 0.5) is 0 Å². The van der Waals surface area contributed by atoms with Gasteiger partial charge in [0, 0.05) is 11.8 Å². The molecule has 0 amide bonds. The molecule has 0 unspecified atom stereocenters. The highest BCUT2D eigenvalue weighted by Gasteiger charge is 2.11.